The summed E-state index contributed by atoms with van der Waals surface area (Å²) in [6, 6.07) is 12.9. The number of hydrogen-bond donors (Lipinski definition) is 1. The molecule has 1 aliphatic rings. The quantitative estimate of drug-likeness (QED) is 0.495. The molecule has 0 amide bonds. The van der Waals surface area contributed by atoms with E-state index < -0.39 is 5.63 Å². The molecule has 0 aliphatic carbocycles. The van der Waals surface area contributed by atoms with Crippen LogP contribution >= 0.6 is 24.0 Å². The van der Waals surface area contributed by atoms with Crippen LogP contribution < -0.4 is 15.8 Å². The van der Waals surface area contributed by atoms with Gasteiger partial charge in [0, 0.05) is 43.3 Å². The predicted molar refractivity (Wildman–Crippen MR) is 113 cm³/mol. The van der Waals surface area contributed by atoms with E-state index >= 15 is 0 Å². The molecule has 28 heavy (non-hydrogen) atoms. The van der Waals surface area contributed by atoms with Crippen molar-refractivity contribution in [2.24, 2.45) is 0 Å². The maximum Gasteiger partial charge on any atom is 0.349 e. The molecule has 2 aromatic heterocycles. The molecule has 8 heteroatoms. The van der Waals surface area contributed by atoms with Crippen molar-refractivity contribution in [3.05, 3.63) is 57.9 Å². The Balaban J connectivity index is 0.00000192. The van der Waals surface area contributed by atoms with Gasteiger partial charge >= 0.3 is 5.63 Å². The van der Waals surface area contributed by atoms with Crippen LogP contribution in [0.5, 0.6) is 0 Å². The van der Waals surface area contributed by atoms with Gasteiger partial charge in [-0.2, -0.15) is 0 Å². The van der Waals surface area contributed by atoms with E-state index in [0.717, 1.165) is 37.3 Å². The molecule has 1 aliphatic heterocycles. The third-order valence-corrected chi connectivity index (χ3v) is 5.11. The fourth-order valence-corrected chi connectivity index (χ4v) is 3.61. The van der Waals surface area contributed by atoms with E-state index in [1.54, 1.807) is 24.3 Å². The minimum absolute atomic E-state index is 0. The molecule has 1 fully saturated rings. The number of anilines is 1. The molecule has 1 saturated heterocycles. The van der Waals surface area contributed by atoms with Gasteiger partial charge in [-0.3, -0.25) is 0 Å². The van der Waals surface area contributed by atoms with E-state index in [1.807, 2.05) is 18.2 Å². The van der Waals surface area contributed by atoms with E-state index in [1.165, 1.54) is 0 Å². The monoisotopic (exact) mass is 417 g/mol. The second-order valence-corrected chi connectivity index (χ2v) is 6.92. The van der Waals surface area contributed by atoms with E-state index in [-0.39, 0.29) is 23.9 Å². The maximum atomic E-state index is 12.6. The van der Waals surface area contributed by atoms with Gasteiger partial charge in [-0.1, -0.05) is 17.7 Å². The van der Waals surface area contributed by atoms with Crippen LogP contribution in [0.25, 0.3) is 33.5 Å². The summed E-state index contributed by atoms with van der Waals surface area (Å²) in [4.78, 5) is 19.2. The molecule has 0 unspecified atom stereocenters. The summed E-state index contributed by atoms with van der Waals surface area (Å²) < 4.78 is 11.3. The van der Waals surface area contributed by atoms with Crippen LogP contribution in [-0.2, 0) is 0 Å². The Labute approximate surface area is 171 Å². The molecular formula is C20H17Cl2N3O3. The number of piperazine rings is 1. The fraction of sp³-hybridized carbons (Fsp3) is 0.200. The number of hydrogen-bond acceptors (Lipinski definition) is 6. The summed E-state index contributed by atoms with van der Waals surface area (Å²) in [5, 5.41) is 4.63. The van der Waals surface area contributed by atoms with Crippen molar-refractivity contribution in [1.29, 1.82) is 0 Å². The van der Waals surface area contributed by atoms with Crippen molar-refractivity contribution in [3.63, 3.8) is 0 Å². The van der Waals surface area contributed by atoms with E-state index in [0.29, 0.717) is 21.7 Å². The third-order valence-electron chi connectivity index (χ3n) is 4.80. The van der Waals surface area contributed by atoms with E-state index in [4.69, 9.17) is 20.4 Å². The zero-order valence-corrected chi connectivity index (χ0v) is 16.3. The van der Waals surface area contributed by atoms with Crippen molar-refractivity contribution in [2.45, 2.75) is 0 Å². The van der Waals surface area contributed by atoms with Gasteiger partial charge in [0.2, 0.25) is 5.89 Å². The predicted octanol–water partition coefficient (Wildman–Crippen LogP) is 4.09. The highest BCUT2D eigenvalue weighted by molar-refractivity contribution is 6.34. The molecule has 4 aromatic rings. The first-order valence-electron chi connectivity index (χ1n) is 8.78. The van der Waals surface area contributed by atoms with Gasteiger partial charge < -0.3 is 19.1 Å². The van der Waals surface area contributed by atoms with Crippen molar-refractivity contribution in [3.8, 4) is 11.5 Å². The van der Waals surface area contributed by atoms with Crippen LogP contribution in [0.2, 0.25) is 5.02 Å². The Morgan fingerprint density at radius 2 is 1.86 bits per heavy atom. The van der Waals surface area contributed by atoms with Gasteiger partial charge in [-0.25, -0.2) is 9.78 Å². The lowest BCUT2D eigenvalue weighted by Crippen LogP contribution is -2.43. The molecule has 0 spiro atoms. The summed E-state index contributed by atoms with van der Waals surface area (Å²) >= 11 is 6.15. The minimum Gasteiger partial charge on any atom is -0.436 e. The highest BCUT2D eigenvalue weighted by Crippen LogP contribution is 2.29. The average molecular weight is 418 g/mol. The van der Waals surface area contributed by atoms with Crippen LogP contribution in [0.15, 0.2) is 56.1 Å². The first-order valence-corrected chi connectivity index (χ1v) is 9.16. The summed E-state index contributed by atoms with van der Waals surface area (Å²) in [6.45, 7) is 3.75. The minimum atomic E-state index is -0.484. The molecule has 0 bridgehead atoms. The Hall–Kier alpha value is -2.54. The highest BCUT2D eigenvalue weighted by Gasteiger charge is 2.17. The fourth-order valence-electron chi connectivity index (χ4n) is 3.40. The van der Waals surface area contributed by atoms with Gasteiger partial charge in [0.25, 0.3) is 0 Å². The number of para-hydroxylation sites is 1. The molecular weight excluding hydrogens is 401 g/mol. The van der Waals surface area contributed by atoms with Gasteiger partial charge in [0.05, 0.1) is 5.02 Å². The van der Waals surface area contributed by atoms with E-state index in [9.17, 15) is 4.79 Å². The van der Waals surface area contributed by atoms with Crippen LogP contribution in [0.4, 0.5) is 5.69 Å². The molecule has 0 atom stereocenters. The molecule has 6 nitrogen and oxygen atoms in total. The van der Waals surface area contributed by atoms with Gasteiger partial charge in [-0.15, -0.1) is 12.4 Å². The normalized spacial score (nSPS) is 14.4. The first kappa shape index (κ1) is 18.8. The van der Waals surface area contributed by atoms with Gasteiger partial charge in [-0.05, 0) is 30.3 Å². The molecule has 0 saturated carbocycles. The van der Waals surface area contributed by atoms with Crippen LogP contribution in [-0.4, -0.2) is 31.2 Å². The molecule has 5 rings (SSSR count). The highest BCUT2D eigenvalue weighted by atomic mass is 35.5. The lowest BCUT2D eigenvalue weighted by molar-refractivity contribution is 0.552. The van der Waals surface area contributed by atoms with Gasteiger partial charge in [0.15, 0.2) is 5.58 Å². The van der Waals surface area contributed by atoms with Crippen LogP contribution in [0.1, 0.15) is 0 Å². The van der Waals surface area contributed by atoms with Crippen molar-refractivity contribution >= 4 is 51.8 Å². The number of nitrogens with one attached hydrogen (secondary N) is 1. The zero-order valence-electron chi connectivity index (χ0n) is 14.8. The lowest BCUT2D eigenvalue weighted by atomic mass is 10.1. The topological polar surface area (TPSA) is 71.5 Å². The molecule has 0 radical (unpaired) electrons. The largest absolute Gasteiger partial charge is 0.436 e. The third kappa shape index (κ3) is 3.24. The smallest absolute Gasteiger partial charge is 0.349 e. The number of oxazole rings is 1. The van der Waals surface area contributed by atoms with Gasteiger partial charge in [0.1, 0.15) is 16.7 Å². The average Bonchev–Trinajstić information content (AvgIpc) is 3.13. The van der Waals surface area contributed by atoms with Crippen molar-refractivity contribution < 1.29 is 8.83 Å². The number of fused-ring (bicyclic) bond motifs is 2. The summed E-state index contributed by atoms with van der Waals surface area (Å²) in [6.07, 6.45) is 0. The Bertz CT molecular complexity index is 1210. The van der Waals surface area contributed by atoms with E-state index in [2.05, 4.69) is 15.2 Å². The number of benzene rings is 2. The molecule has 2 aromatic carbocycles. The number of rotatable bonds is 2. The Kier molecular flexibility index (Phi) is 5.02. The summed E-state index contributed by atoms with van der Waals surface area (Å²) in [5.41, 5.74) is 2.46. The second-order valence-electron chi connectivity index (χ2n) is 6.51. The number of nitrogens with zero attached hydrogens (tertiary/aromatic N) is 2. The number of halogens is 2. The molecule has 144 valence electrons. The Morgan fingerprint density at radius 3 is 2.64 bits per heavy atom. The van der Waals surface area contributed by atoms with Crippen LogP contribution in [0.3, 0.4) is 0 Å². The van der Waals surface area contributed by atoms with Crippen LogP contribution in [0, 0.1) is 0 Å². The summed E-state index contributed by atoms with van der Waals surface area (Å²) in [5.74, 6) is 0.208. The standard InChI is InChI=1S/C20H16ClN3O3.ClH/c21-15-2-1-3-16-18(15)23-19(26-16)14-10-12-4-5-13(11-17(12)27-20(14)25)24-8-6-22-7-9-24;/h1-5,10-11,22H,6-9H2;1H. The zero-order chi connectivity index (χ0) is 18.4. The second kappa shape index (κ2) is 7.47. The first-order chi connectivity index (χ1) is 13.2. The van der Waals surface area contributed by atoms with Crippen molar-refractivity contribution in [2.75, 3.05) is 31.1 Å². The Morgan fingerprint density at radius 1 is 1.04 bits per heavy atom. The maximum absolute atomic E-state index is 12.6. The lowest BCUT2D eigenvalue weighted by Gasteiger charge is -2.29. The molecule has 3 heterocycles. The summed E-state index contributed by atoms with van der Waals surface area (Å²) in [7, 11) is 0. The van der Waals surface area contributed by atoms with Crippen molar-refractivity contribution in [1.82, 2.24) is 10.3 Å². The number of aromatic nitrogens is 1. The SMILES string of the molecule is Cl.O=c1oc2cc(N3CCNCC3)ccc2cc1-c1nc2c(Cl)cccc2o1. The molecule has 1 N–H and O–H groups in total.